The monoisotopic (exact) mass is 444 g/mol. The first kappa shape index (κ1) is 21.3. The number of piperidine rings is 1. The van der Waals surface area contributed by atoms with E-state index in [0.29, 0.717) is 24.7 Å². The summed E-state index contributed by atoms with van der Waals surface area (Å²) in [6.45, 7) is 7.14. The third kappa shape index (κ3) is 4.71. The number of rotatable bonds is 5. The van der Waals surface area contributed by atoms with Crippen molar-refractivity contribution < 1.29 is 4.79 Å². The van der Waals surface area contributed by atoms with E-state index >= 15 is 0 Å². The third-order valence-corrected chi connectivity index (χ3v) is 7.36. The highest BCUT2D eigenvalue weighted by atomic mass is 35.5. The number of benzene rings is 1. The Hall–Kier alpha value is -1.89. The molecule has 2 aliphatic rings. The molecule has 7 heteroatoms. The van der Waals surface area contributed by atoms with Crippen molar-refractivity contribution in [2.45, 2.75) is 32.6 Å². The smallest absolute Gasteiger partial charge is 0.322 e. The topological polar surface area (TPSA) is 47.9 Å². The first-order chi connectivity index (χ1) is 14.7. The molecule has 0 bridgehead atoms. The molecule has 1 aromatic heterocycles. The summed E-state index contributed by atoms with van der Waals surface area (Å²) in [6, 6.07) is 9.93. The molecule has 0 aliphatic carbocycles. The molecule has 30 heavy (non-hydrogen) atoms. The fourth-order valence-electron chi connectivity index (χ4n) is 4.10. The maximum atomic E-state index is 13.1. The molecule has 0 unspecified atom stereocenters. The second kappa shape index (κ2) is 9.94. The van der Waals surface area contributed by atoms with Crippen molar-refractivity contribution >= 4 is 39.7 Å². The predicted molar refractivity (Wildman–Crippen MR) is 127 cm³/mol. The zero-order valence-electron chi connectivity index (χ0n) is 17.5. The number of nitrogens with one attached hydrogen (secondary N) is 1. The number of urea groups is 1. The molecular formula is C23H29ClN4OS. The molecule has 2 aromatic rings. The maximum absolute atomic E-state index is 13.1. The average Bonchev–Trinajstić information content (AvgIpc) is 3.11. The largest absolute Gasteiger partial charge is 0.336 e. The summed E-state index contributed by atoms with van der Waals surface area (Å²) in [7, 11) is 0. The number of fused-ring (bicyclic) bond motifs is 1. The summed E-state index contributed by atoms with van der Waals surface area (Å²) in [5.74, 6) is 0. The van der Waals surface area contributed by atoms with Crippen LogP contribution in [0.25, 0.3) is 0 Å². The molecule has 160 valence electrons. The van der Waals surface area contributed by atoms with Gasteiger partial charge in [-0.1, -0.05) is 43.1 Å². The molecule has 1 N–H and O–H groups in total. The van der Waals surface area contributed by atoms with E-state index in [1.165, 1.54) is 24.1 Å². The summed E-state index contributed by atoms with van der Waals surface area (Å²) in [4.78, 5) is 23.5. The number of halogens is 1. The molecule has 5 nitrogen and oxygen atoms in total. The predicted octanol–water partition coefficient (Wildman–Crippen LogP) is 4.82. The third-order valence-electron chi connectivity index (χ3n) is 5.73. The van der Waals surface area contributed by atoms with Gasteiger partial charge in [-0.25, -0.2) is 4.79 Å². The number of hydrogen-bond acceptors (Lipinski definition) is 4. The molecule has 0 radical (unpaired) electrons. The van der Waals surface area contributed by atoms with Gasteiger partial charge in [0.15, 0.2) is 0 Å². The fourth-order valence-corrected chi connectivity index (χ4v) is 5.45. The molecule has 3 heterocycles. The molecule has 1 fully saturated rings. The lowest BCUT2D eigenvalue weighted by Crippen LogP contribution is -2.44. The number of amides is 2. The lowest BCUT2D eigenvalue weighted by atomic mass is 10.0. The van der Waals surface area contributed by atoms with Crippen molar-refractivity contribution in [1.82, 2.24) is 10.2 Å². The van der Waals surface area contributed by atoms with Gasteiger partial charge >= 0.3 is 6.03 Å². The van der Waals surface area contributed by atoms with E-state index in [0.717, 1.165) is 47.9 Å². The van der Waals surface area contributed by atoms with Crippen molar-refractivity contribution in [2.75, 3.05) is 44.2 Å². The van der Waals surface area contributed by atoms with Gasteiger partial charge in [-0.15, -0.1) is 11.3 Å². The summed E-state index contributed by atoms with van der Waals surface area (Å²) in [6.07, 6.45) is 4.78. The Balaban J connectivity index is 1.53. The van der Waals surface area contributed by atoms with Crippen LogP contribution in [0, 0.1) is 0 Å². The molecule has 0 spiro atoms. The van der Waals surface area contributed by atoms with E-state index < -0.39 is 0 Å². The number of likely N-dealkylation sites (tertiary alicyclic amines) is 1. The quantitative estimate of drug-likeness (QED) is 0.718. The highest BCUT2D eigenvalue weighted by Gasteiger charge is 2.27. The summed E-state index contributed by atoms with van der Waals surface area (Å²) in [5, 5.41) is 4.79. The Morgan fingerprint density at radius 3 is 2.73 bits per heavy atom. The van der Waals surface area contributed by atoms with Crippen molar-refractivity contribution in [3.63, 3.8) is 0 Å². The number of hydrogen-bond donors (Lipinski definition) is 1. The van der Waals surface area contributed by atoms with E-state index in [1.54, 1.807) is 11.3 Å². The van der Waals surface area contributed by atoms with Gasteiger partial charge < -0.3 is 10.2 Å². The SMILES string of the molecule is CCc1cc2c(s1)N(C(=O)NCCN1CCCCC1)CCN=C2c1ccccc1Cl. The zero-order valence-corrected chi connectivity index (χ0v) is 19.1. The Labute approximate surface area is 187 Å². The summed E-state index contributed by atoms with van der Waals surface area (Å²) in [5.41, 5.74) is 2.82. The summed E-state index contributed by atoms with van der Waals surface area (Å²) >= 11 is 8.17. The Morgan fingerprint density at radius 2 is 1.97 bits per heavy atom. The van der Waals surface area contributed by atoms with Crippen molar-refractivity contribution in [1.29, 1.82) is 0 Å². The van der Waals surface area contributed by atoms with Crippen molar-refractivity contribution in [2.24, 2.45) is 4.99 Å². The average molecular weight is 445 g/mol. The standard InChI is InChI=1S/C23H29ClN4OS/c1-2-17-16-19-21(18-8-4-5-9-20(18)24)25-11-15-28(22(19)30-17)23(29)26-10-14-27-12-6-3-7-13-27/h4-5,8-9,16H,2-3,6-7,10-15H2,1H3,(H,26,29). The Bertz CT molecular complexity index is 920. The minimum absolute atomic E-state index is 0.0339. The fraction of sp³-hybridized carbons (Fsp3) is 0.478. The van der Waals surface area contributed by atoms with Crippen LogP contribution in [0.4, 0.5) is 9.80 Å². The van der Waals surface area contributed by atoms with Gasteiger partial charge in [-0.3, -0.25) is 9.89 Å². The van der Waals surface area contributed by atoms with Gasteiger partial charge in [0.05, 0.1) is 12.3 Å². The van der Waals surface area contributed by atoms with Gasteiger partial charge in [0, 0.05) is 40.7 Å². The summed E-state index contributed by atoms with van der Waals surface area (Å²) < 4.78 is 0. The number of aliphatic imine (C=N–C) groups is 1. The second-order valence-electron chi connectivity index (χ2n) is 7.78. The van der Waals surface area contributed by atoms with Crippen LogP contribution in [-0.4, -0.2) is 55.9 Å². The molecular weight excluding hydrogens is 416 g/mol. The van der Waals surface area contributed by atoms with Crippen LogP contribution in [0.3, 0.4) is 0 Å². The van der Waals surface area contributed by atoms with Crippen molar-refractivity contribution in [3.8, 4) is 0 Å². The van der Waals surface area contributed by atoms with E-state index in [-0.39, 0.29) is 6.03 Å². The van der Waals surface area contributed by atoms with Crippen LogP contribution in [-0.2, 0) is 6.42 Å². The van der Waals surface area contributed by atoms with E-state index in [9.17, 15) is 4.79 Å². The molecule has 2 amide bonds. The molecule has 0 saturated carbocycles. The lowest BCUT2D eigenvalue weighted by molar-refractivity contribution is 0.223. The minimum atomic E-state index is -0.0339. The number of aryl methyl sites for hydroxylation is 1. The van der Waals surface area contributed by atoms with Gasteiger partial charge in [0.1, 0.15) is 5.00 Å². The Morgan fingerprint density at radius 1 is 1.17 bits per heavy atom. The van der Waals surface area contributed by atoms with Gasteiger partial charge in [-0.2, -0.15) is 0 Å². The van der Waals surface area contributed by atoms with Crippen LogP contribution in [0.15, 0.2) is 35.3 Å². The number of carbonyl (C=O) groups excluding carboxylic acids is 1. The lowest BCUT2D eigenvalue weighted by Gasteiger charge is -2.27. The van der Waals surface area contributed by atoms with Crippen molar-refractivity contribution in [3.05, 3.63) is 51.4 Å². The number of anilines is 1. The highest BCUT2D eigenvalue weighted by Crippen LogP contribution is 2.36. The normalized spacial score (nSPS) is 17.3. The first-order valence-corrected chi connectivity index (χ1v) is 12.1. The maximum Gasteiger partial charge on any atom is 0.322 e. The number of carbonyl (C=O) groups is 1. The van der Waals surface area contributed by atoms with E-state index in [2.05, 4.69) is 23.2 Å². The van der Waals surface area contributed by atoms with E-state index in [4.69, 9.17) is 16.6 Å². The van der Waals surface area contributed by atoms with Crippen LogP contribution in [0.5, 0.6) is 0 Å². The van der Waals surface area contributed by atoms with Crippen LogP contribution < -0.4 is 10.2 Å². The van der Waals surface area contributed by atoms with E-state index in [1.807, 2.05) is 29.2 Å². The molecule has 1 aromatic carbocycles. The van der Waals surface area contributed by atoms with Gasteiger partial charge in [0.2, 0.25) is 0 Å². The second-order valence-corrected chi connectivity index (χ2v) is 9.30. The van der Waals surface area contributed by atoms with Crippen LogP contribution >= 0.6 is 22.9 Å². The van der Waals surface area contributed by atoms with Gasteiger partial charge in [-0.05, 0) is 44.5 Å². The minimum Gasteiger partial charge on any atom is -0.336 e. The number of nitrogens with zero attached hydrogens (tertiary/aromatic N) is 3. The molecule has 4 rings (SSSR count). The van der Waals surface area contributed by atoms with Crippen LogP contribution in [0.1, 0.15) is 42.2 Å². The number of thiophene rings is 1. The molecule has 0 atom stereocenters. The van der Waals surface area contributed by atoms with Crippen LogP contribution in [0.2, 0.25) is 5.02 Å². The Kier molecular flexibility index (Phi) is 7.08. The highest BCUT2D eigenvalue weighted by molar-refractivity contribution is 7.16. The van der Waals surface area contributed by atoms with Gasteiger partial charge in [0.25, 0.3) is 0 Å². The molecule has 1 saturated heterocycles. The first-order valence-electron chi connectivity index (χ1n) is 10.9. The molecule has 2 aliphatic heterocycles. The zero-order chi connectivity index (χ0) is 20.9.